The van der Waals surface area contributed by atoms with Crippen LogP contribution < -0.4 is 0 Å². The molecular formula is C32H39N. The van der Waals surface area contributed by atoms with Gasteiger partial charge in [-0.3, -0.25) is 0 Å². The Morgan fingerprint density at radius 3 is 0.848 bits per heavy atom. The van der Waals surface area contributed by atoms with E-state index in [0.29, 0.717) is 0 Å². The predicted octanol–water partition coefficient (Wildman–Crippen LogP) is 8.85. The summed E-state index contributed by atoms with van der Waals surface area (Å²) < 4.78 is 0. The molecule has 0 bridgehead atoms. The molecule has 0 aromatic heterocycles. The molecule has 3 aromatic carbocycles. The van der Waals surface area contributed by atoms with Crippen molar-refractivity contribution in [2.45, 2.75) is 90.0 Å². The lowest BCUT2D eigenvalue weighted by Crippen LogP contribution is -2.07. The van der Waals surface area contributed by atoms with E-state index in [2.05, 4.69) is 90.0 Å². The van der Waals surface area contributed by atoms with E-state index in [9.17, 15) is 0 Å². The molecule has 4 rings (SSSR count). The summed E-state index contributed by atoms with van der Waals surface area (Å²) >= 11 is 0. The molecule has 0 heterocycles. The minimum absolute atomic E-state index is 1.15. The van der Waals surface area contributed by atoms with Crippen LogP contribution in [0.2, 0.25) is 0 Å². The lowest BCUT2D eigenvalue weighted by atomic mass is 9.86. The molecule has 3 aromatic rings. The largest absolute Gasteiger partial charge is 0.247 e. The zero-order valence-electron chi connectivity index (χ0n) is 22.9. The average Bonchev–Trinajstić information content (AvgIpc) is 3.13. The molecule has 1 heteroatoms. The third kappa shape index (κ3) is 3.01. The van der Waals surface area contributed by atoms with Gasteiger partial charge in [0.1, 0.15) is 0 Å². The predicted molar refractivity (Wildman–Crippen MR) is 145 cm³/mol. The second kappa shape index (κ2) is 7.69. The Balaban J connectivity index is 2.26. The first-order valence-electron chi connectivity index (χ1n) is 12.2. The van der Waals surface area contributed by atoms with Crippen molar-refractivity contribution >= 4 is 11.4 Å². The van der Waals surface area contributed by atoms with Crippen LogP contribution in [0.1, 0.15) is 83.5 Å². The molecule has 0 spiro atoms. The Morgan fingerprint density at radius 1 is 0.273 bits per heavy atom. The van der Waals surface area contributed by atoms with Crippen LogP contribution in [0.25, 0.3) is 11.1 Å². The summed E-state index contributed by atoms with van der Waals surface area (Å²) in [6.45, 7) is 29.5. The molecule has 1 nitrogen and oxygen atoms in total. The summed E-state index contributed by atoms with van der Waals surface area (Å²) in [6, 6.07) is 0. The second-order valence-electron chi connectivity index (χ2n) is 10.4. The van der Waals surface area contributed by atoms with Gasteiger partial charge < -0.3 is 0 Å². The second-order valence-corrected chi connectivity index (χ2v) is 10.4. The number of nitrogens with zero attached hydrogens (tertiary/aromatic N) is 1. The van der Waals surface area contributed by atoms with Gasteiger partial charge in [0, 0.05) is 11.1 Å². The quantitative estimate of drug-likeness (QED) is 0.282. The highest BCUT2D eigenvalue weighted by molar-refractivity contribution is 6.28. The van der Waals surface area contributed by atoms with E-state index in [-0.39, 0.29) is 0 Å². The summed E-state index contributed by atoms with van der Waals surface area (Å²) in [5.41, 5.74) is 25.6. The van der Waals surface area contributed by atoms with Gasteiger partial charge in [-0.15, -0.1) is 0 Å². The summed E-state index contributed by atoms with van der Waals surface area (Å²) in [6.07, 6.45) is 0. The number of hydrogen-bond acceptors (Lipinski definition) is 1. The number of aliphatic imine (C=N–C) groups is 1. The first-order chi connectivity index (χ1) is 15.3. The van der Waals surface area contributed by atoms with Crippen molar-refractivity contribution in [3.8, 4) is 11.1 Å². The number of benzene rings is 3. The van der Waals surface area contributed by atoms with Gasteiger partial charge in [-0.2, -0.15) is 0 Å². The zero-order chi connectivity index (χ0) is 24.7. The highest BCUT2D eigenvalue weighted by Gasteiger charge is 2.34. The lowest BCUT2D eigenvalue weighted by molar-refractivity contribution is 1.16. The Kier molecular flexibility index (Phi) is 5.47. The van der Waals surface area contributed by atoms with E-state index in [1.165, 1.54) is 100 Å². The molecular weight excluding hydrogens is 398 g/mol. The first-order valence-corrected chi connectivity index (χ1v) is 12.2. The van der Waals surface area contributed by atoms with E-state index in [1.807, 2.05) is 0 Å². The standard InChI is InChI=1S/C32H39N/c1-14-19(6)25(12)31(26(13)20(14)7)33-32-29-23(10)17(4)15(2)21(8)27(29)28-22(9)16(3)18(5)24(11)30(28)32/h1-13H3. The van der Waals surface area contributed by atoms with Gasteiger partial charge in [-0.05, 0) is 173 Å². The van der Waals surface area contributed by atoms with Crippen LogP contribution >= 0.6 is 0 Å². The molecule has 0 radical (unpaired) electrons. The van der Waals surface area contributed by atoms with Gasteiger partial charge >= 0.3 is 0 Å². The SMILES string of the molecule is Cc1c(C)c(C)c(N=C2c3c(C)c(C)c(C)c(C)c3-c3c(C)c(C)c(C)c(C)c32)c(C)c1C. The van der Waals surface area contributed by atoms with Crippen molar-refractivity contribution in [1.82, 2.24) is 0 Å². The fourth-order valence-corrected chi connectivity index (χ4v) is 5.84. The highest BCUT2D eigenvalue weighted by Crippen LogP contribution is 2.49. The van der Waals surface area contributed by atoms with E-state index in [4.69, 9.17) is 4.99 Å². The topological polar surface area (TPSA) is 12.4 Å². The lowest BCUT2D eigenvalue weighted by Gasteiger charge is -2.19. The van der Waals surface area contributed by atoms with Gasteiger partial charge in [-0.1, -0.05) is 0 Å². The van der Waals surface area contributed by atoms with Gasteiger partial charge in [0.05, 0.1) is 11.4 Å². The van der Waals surface area contributed by atoms with Crippen LogP contribution in [0.15, 0.2) is 4.99 Å². The Hall–Kier alpha value is -2.67. The Morgan fingerprint density at radius 2 is 0.515 bits per heavy atom. The molecule has 1 aliphatic rings. The number of hydrogen-bond donors (Lipinski definition) is 0. The van der Waals surface area contributed by atoms with Gasteiger partial charge in [0.15, 0.2) is 0 Å². The third-order valence-corrected chi connectivity index (χ3v) is 9.28. The van der Waals surface area contributed by atoms with E-state index < -0.39 is 0 Å². The smallest absolute Gasteiger partial charge is 0.0800 e. The molecule has 0 saturated carbocycles. The molecule has 1 aliphatic carbocycles. The molecule has 0 saturated heterocycles. The number of rotatable bonds is 1. The number of fused-ring (bicyclic) bond motifs is 3. The Bertz CT molecular complexity index is 1310. The van der Waals surface area contributed by atoms with Crippen LogP contribution in [0.4, 0.5) is 5.69 Å². The van der Waals surface area contributed by atoms with Crippen molar-refractivity contribution in [3.05, 3.63) is 83.5 Å². The molecule has 0 atom stereocenters. The van der Waals surface area contributed by atoms with Crippen molar-refractivity contribution in [2.24, 2.45) is 4.99 Å². The van der Waals surface area contributed by atoms with Crippen LogP contribution in [-0.2, 0) is 0 Å². The van der Waals surface area contributed by atoms with E-state index in [0.717, 1.165) is 5.69 Å². The van der Waals surface area contributed by atoms with Gasteiger partial charge in [0.2, 0.25) is 0 Å². The summed E-state index contributed by atoms with van der Waals surface area (Å²) in [4.78, 5) is 5.56. The molecule has 0 unspecified atom stereocenters. The average molecular weight is 438 g/mol. The van der Waals surface area contributed by atoms with Gasteiger partial charge in [0.25, 0.3) is 0 Å². The summed E-state index contributed by atoms with van der Waals surface area (Å²) in [5.74, 6) is 0. The minimum Gasteiger partial charge on any atom is -0.247 e. The van der Waals surface area contributed by atoms with Gasteiger partial charge in [-0.25, -0.2) is 4.99 Å². The zero-order valence-corrected chi connectivity index (χ0v) is 22.9. The molecule has 172 valence electrons. The van der Waals surface area contributed by atoms with Crippen molar-refractivity contribution in [2.75, 3.05) is 0 Å². The maximum atomic E-state index is 5.56. The first kappa shape index (κ1) is 23.5. The van der Waals surface area contributed by atoms with Crippen LogP contribution in [-0.4, -0.2) is 5.71 Å². The molecule has 0 aliphatic heterocycles. The minimum atomic E-state index is 1.15. The van der Waals surface area contributed by atoms with Crippen LogP contribution in [0.3, 0.4) is 0 Å². The highest BCUT2D eigenvalue weighted by atomic mass is 14.8. The van der Waals surface area contributed by atoms with Crippen LogP contribution in [0.5, 0.6) is 0 Å². The maximum absolute atomic E-state index is 5.56. The normalized spacial score (nSPS) is 12.3. The fraction of sp³-hybridized carbons (Fsp3) is 0.406. The maximum Gasteiger partial charge on any atom is 0.0800 e. The van der Waals surface area contributed by atoms with Crippen LogP contribution in [0, 0.1) is 90.0 Å². The van der Waals surface area contributed by atoms with Crippen molar-refractivity contribution < 1.29 is 0 Å². The summed E-state index contributed by atoms with van der Waals surface area (Å²) in [5, 5.41) is 0. The van der Waals surface area contributed by atoms with Crippen molar-refractivity contribution in [3.63, 3.8) is 0 Å². The monoisotopic (exact) mass is 437 g/mol. The van der Waals surface area contributed by atoms with E-state index in [1.54, 1.807) is 0 Å². The molecule has 0 fully saturated rings. The molecule has 33 heavy (non-hydrogen) atoms. The molecule has 0 N–H and O–H groups in total. The Labute approximate surface area is 201 Å². The van der Waals surface area contributed by atoms with Crippen molar-refractivity contribution in [1.29, 1.82) is 0 Å². The summed E-state index contributed by atoms with van der Waals surface area (Å²) in [7, 11) is 0. The molecule has 0 amide bonds. The fourth-order valence-electron chi connectivity index (χ4n) is 5.84. The third-order valence-electron chi connectivity index (χ3n) is 9.28. The van der Waals surface area contributed by atoms with E-state index >= 15 is 0 Å².